The smallest absolute Gasteiger partial charge is 0.394 e. The molecule has 0 bridgehead atoms. The highest BCUT2D eigenvalue weighted by Gasteiger charge is 2.58. The standard InChI is InChI=1S/C42H71N3O37S2/c1-10(50)43-19-26(57)33(79-40-29(60)28(59)22(53)13(4-46)73-40)18(9-71-83(64,65)66)77-38(19)70-8-17-25(56)34(21(37(63)72-17)45-12(3)52)80-41-30(61)35(23(54)14(5-47)74-41)81-39-20(44-11(2)51)27(58)32(16(7-49)76-39)78-42-31(62)36(82-84(67,68)69)24(55)15(6-48)75-42/h13-42,46-49,53-63H,4-9H2,1-3H3,(H,43,50)(H,44,51)(H,45,52)(H,64,65,66)(H,67,68,69)/t13-,14-,15-,16-,17-,18-,19-,20-,21-,22+,23+,24+,25+,26-,27-,28+,29-,30-,31-,32-,33-,34-,35+,36+,37+,38-,39+,40+,41+,42+/m1/s1. The summed E-state index contributed by atoms with van der Waals surface area (Å²) in [4.78, 5) is 37.6. The van der Waals surface area contributed by atoms with Gasteiger partial charge < -0.3 is 145 Å². The summed E-state index contributed by atoms with van der Waals surface area (Å²) >= 11 is 0. The highest BCUT2D eigenvalue weighted by molar-refractivity contribution is 7.81. The van der Waals surface area contributed by atoms with E-state index in [4.69, 9.17) is 52.1 Å². The Morgan fingerprint density at radius 1 is 0.381 bits per heavy atom. The van der Waals surface area contributed by atoms with Gasteiger partial charge in [0.1, 0.15) is 146 Å². The second-order valence-electron chi connectivity index (χ2n) is 20.0. The highest BCUT2D eigenvalue weighted by Crippen LogP contribution is 2.36. The fourth-order valence-corrected chi connectivity index (χ4v) is 10.8. The summed E-state index contributed by atoms with van der Waals surface area (Å²) in [5.74, 6) is -2.72. The Bertz CT molecular complexity index is 2390. The van der Waals surface area contributed by atoms with Gasteiger partial charge >= 0.3 is 20.8 Å². The number of aliphatic hydroxyl groups excluding tert-OH is 15. The number of hydrogen-bond donors (Lipinski definition) is 20. The number of rotatable bonds is 23. The molecule has 30 atom stereocenters. The van der Waals surface area contributed by atoms with Crippen LogP contribution in [0.2, 0.25) is 0 Å². The number of carbonyl (C=O) groups excluding carboxylic acids is 3. The first-order valence-corrected chi connectivity index (χ1v) is 28.1. The molecule has 0 aromatic heterocycles. The van der Waals surface area contributed by atoms with Crippen molar-refractivity contribution in [2.75, 3.05) is 39.6 Å². The molecule has 0 radical (unpaired) electrons. The lowest BCUT2D eigenvalue weighted by molar-refractivity contribution is -0.376. The van der Waals surface area contributed by atoms with Gasteiger partial charge in [-0.05, 0) is 0 Å². The maximum absolute atomic E-state index is 12.6. The molecule has 6 heterocycles. The fraction of sp³-hybridized carbons (Fsp3) is 0.929. The van der Waals surface area contributed by atoms with Gasteiger partial charge in [-0.15, -0.1) is 0 Å². The summed E-state index contributed by atoms with van der Waals surface area (Å²) in [5.41, 5.74) is 0. The lowest BCUT2D eigenvalue weighted by Crippen LogP contribution is -2.70. The first kappa shape index (κ1) is 70.2. The number of aliphatic hydroxyl groups is 15. The van der Waals surface area contributed by atoms with E-state index in [1.807, 2.05) is 0 Å². The number of amides is 3. The third-order valence-electron chi connectivity index (χ3n) is 14.0. The minimum atomic E-state index is -5.40. The number of ether oxygens (including phenoxy) is 11. The predicted molar refractivity (Wildman–Crippen MR) is 255 cm³/mol. The second-order valence-corrected chi connectivity index (χ2v) is 22.2. The van der Waals surface area contributed by atoms with Crippen LogP contribution < -0.4 is 16.0 Å². The molecule has 6 aliphatic heterocycles. The van der Waals surface area contributed by atoms with Crippen molar-refractivity contribution in [2.45, 2.75) is 205 Å². The van der Waals surface area contributed by atoms with Crippen LogP contribution in [0.4, 0.5) is 0 Å². The third kappa shape index (κ3) is 16.9. The van der Waals surface area contributed by atoms with Crippen molar-refractivity contribution < 1.29 is 177 Å². The Labute approximate surface area is 475 Å². The largest absolute Gasteiger partial charge is 0.397 e. The molecule has 6 aliphatic rings. The Kier molecular flexibility index (Phi) is 24.8. The summed E-state index contributed by atoms with van der Waals surface area (Å²) in [5, 5.41) is 170. The zero-order valence-electron chi connectivity index (χ0n) is 44.1. The van der Waals surface area contributed by atoms with E-state index in [2.05, 4.69) is 24.3 Å². The number of nitrogens with one attached hydrogen (secondary N) is 3. The van der Waals surface area contributed by atoms with E-state index in [-0.39, 0.29) is 0 Å². The number of carbonyl (C=O) groups is 3. The average Bonchev–Trinajstić information content (AvgIpc) is 1.22. The molecule has 0 saturated carbocycles. The van der Waals surface area contributed by atoms with E-state index in [9.17, 15) is 117 Å². The average molecular weight is 1270 g/mol. The van der Waals surface area contributed by atoms with Gasteiger partial charge in [-0.2, -0.15) is 16.8 Å². The predicted octanol–water partition coefficient (Wildman–Crippen LogP) is -14.0. The van der Waals surface area contributed by atoms with Gasteiger partial charge in [-0.25, -0.2) is 8.37 Å². The maximum atomic E-state index is 12.6. The monoisotopic (exact) mass is 1270 g/mol. The summed E-state index contributed by atoms with van der Waals surface area (Å²) in [6, 6.07) is -5.53. The summed E-state index contributed by atoms with van der Waals surface area (Å²) < 4.78 is 137. The SMILES string of the molecule is CC(=O)N[C@@H]1[C@@H](O[C@@H]2O[C@H](CO)[C@H](O)[C@H](O[C@@H]3O[C@H](CO)[C@@H](O[C@@H]4O[C@H](CO)[C@H](O)[C@H](OS(=O)(=O)O)[C@H]4O)[C@H](O)[C@H]3NC(C)=O)[C@H]2O)[C@@H](O)[C@@H](CO[C@@H]2O[C@H](COS(=O)(=O)O)[C@@H](O[C@@H]3O[C@H](CO)[C@H](O)[C@H](O)[C@H]3O)[C@H](O)[C@H]2NC(C)=O)O[C@@H]1O. The Morgan fingerprint density at radius 3 is 1.26 bits per heavy atom. The molecule has 0 aliphatic carbocycles. The van der Waals surface area contributed by atoms with Crippen LogP contribution in [0, 0.1) is 0 Å². The lowest BCUT2D eigenvalue weighted by atomic mass is 9.94. The van der Waals surface area contributed by atoms with Crippen LogP contribution in [0.25, 0.3) is 0 Å². The summed E-state index contributed by atoms with van der Waals surface area (Å²) in [6.45, 7) is -3.66. The maximum Gasteiger partial charge on any atom is 0.397 e. The van der Waals surface area contributed by atoms with E-state index >= 15 is 0 Å². The molecule has 6 rings (SSSR count). The lowest BCUT2D eigenvalue weighted by Gasteiger charge is -2.50. The number of hydrogen-bond acceptors (Lipinski definition) is 35. The van der Waals surface area contributed by atoms with Gasteiger partial charge in [0.25, 0.3) is 0 Å². The zero-order valence-corrected chi connectivity index (χ0v) is 45.8. The van der Waals surface area contributed by atoms with Crippen LogP contribution >= 0.6 is 0 Å². The van der Waals surface area contributed by atoms with E-state index in [1.165, 1.54) is 0 Å². The minimum absolute atomic E-state index is 0.895. The van der Waals surface area contributed by atoms with Gasteiger partial charge in [0.2, 0.25) is 17.7 Å². The molecule has 6 saturated heterocycles. The highest BCUT2D eigenvalue weighted by atomic mass is 32.3. The third-order valence-corrected chi connectivity index (χ3v) is 14.9. The van der Waals surface area contributed by atoms with Crippen LogP contribution in [-0.2, 0) is 95.7 Å². The van der Waals surface area contributed by atoms with Crippen LogP contribution in [-0.4, -0.2) is 344 Å². The molecule has 0 aromatic carbocycles. The van der Waals surface area contributed by atoms with Gasteiger partial charge in [-0.1, -0.05) is 0 Å². The molecule has 42 heteroatoms. The Hall–Kier alpha value is -2.89. The first-order valence-electron chi connectivity index (χ1n) is 25.4. The zero-order chi connectivity index (χ0) is 62.6. The van der Waals surface area contributed by atoms with Crippen LogP contribution in [0.3, 0.4) is 0 Å². The van der Waals surface area contributed by atoms with Crippen molar-refractivity contribution in [3.8, 4) is 0 Å². The quantitative estimate of drug-likeness (QED) is 0.0422. The van der Waals surface area contributed by atoms with Gasteiger partial charge in [0.15, 0.2) is 37.7 Å². The molecule has 84 heavy (non-hydrogen) atoms. The van der Waals surface area contributed by atoms with E-state index in [1.54, 1.807) is 0 Å². The van der Waals surface area contributed by atoms with Crippen molar-refractivity contribution in [3.05, 3.63) is 0 Å². The van der Waals surface area contributed by atoms with Crippen LogP contribution in [0.5, 0.6) is 0 Å². The van der Waals surface area contributed by atoms with Crippen molar-refractivity contribution in [2.24, 2.45) is 0 Å². The molecule has 488 valence electrons. The molecule has 0 unspecified atom stereocenters. The van der Waals surface area contributed by atoms with Crippen molar-refractivity contribution in [1.29, 1.82) is 0 Å². The van der Waals surface area contributed by atoms with Crippen molar-refractivity contribution in [3.63, 3.8) is 0 Å². The normalized spacial score (nSPS) is 45.1. The molecular weight excluding hydrogens is 1200 g/mol. The molecule has 40 nitrogen and oxygen atoms in total. The topological polar surface area (TPSA) is 619 Å². The molecule has 0 spiro atoms. The Balaban J connectivity index is 1.23. The molecule has 3 amide bonds. The van der Waals surface area contributed by atoms with E-state index < -0.39 is 262 Å². The molecular formula is C42H71N3O37S2. The first-order chi connectivity index (χ1) is 39.2. The van der Waals surface area contributed by atoms with Crippen LogP contribution in [0.1, 0.15) is 20.8 Å². The fourth-order valence-electron chi connectivity index (χ4n) is 10.0. The summed E-state index contributed by atoms with van der Waals surface area (Å²) in [6.07, 6.45) is -55.4. The van der Waals surface area contributed by atoms with Gasteiger partial charge in [-0.3, -0.25) is 23.5 Å². The second kappa shape index (κ2) is 29.6. The Morgan fingerprint density at radius 2 is 0.774 bits per heavy atom. The van der Waals surface area contributed by atoms with Crippen molar-refractivity contribution >= 4 is 38.5 Å². The summed E-state index contributed by atoms with van der Waals surface area (Å²) in [7, 11) is -10.7. The van der Waals surface area contributed by atoms with Gasteiger partial charge in [0, 0.05) is 20.8 Å². The van der Waals surface area contributed by atoms with Gasteiger partial charge in [0.05, 0.1) is 39.6 Å². The van der Waals surface area contributed by atoms with E-state index in [0.29, 0.717) is 0 Å². The van der Waals surface area contributed by atoms with Crippen LogP contribution in [0.15, 0.2) is 0 Å². The minimum Gasteiger partial charge on any atom is -0.394 e. The molecule has 20 N–H and O–H groups in total. The van der Waals surface area contributed by atoms with E-state index in [0.717, 1.165) is 20.8 Å². The van der Waals surface area contributed by atoms with Crippen molar-refractivity contribution in [1.82, 2.24) is 16.0 Å². The molecule has 6 fully saturated rings. The molecule has 0 aromatic rings.